The van der Waals surface area contributed by atoms with Crippen molar-refractivity contribution in [2.75, 3.05) is 31.9 Å². The minimum Gasteiger partial charge on any atom is -0.459 e. The molecule has 284 valence electrons. The summed E-state index contributed by atoms with van der Waals surface area (Å²) in [5.74, 6) is 1.19. The summed E-state index contributed by atoms with van der Waals surface area (Å²) < 4.78 is 22.2. The molecule has 0 radical (unpaired) electrons. The molecule has 0 bridgehead atoms. The number of aromatic nitrogens is 2. The normalized spacial score (nSPS) is 14.4. The average Bonchev–Trinajstić information content (AvgIpc) is 3.07. The van der Waals surface area contributed by atoms with Crippen LogP contribution < -0.4 is 15.2 Å². The molecule has 0 atom stereocenters. The molecule has 6 rings (SSSR count). The number of hydrogen-bond donors (Lipinski definition) is 3. The molecule has 0 spiro atoms. The van der Waals surface area contributed by atoms with E-state index in [9.17, 15) is 29.8 Å². The number of pyridine rings is 2. The average molecular weight is 742 g/mol. The molecule has 4 aromatic rings. The zero-order valence-electron chi connectivity index (χ0n) is 30.5. The van der Waals surface area contributed by atoms with Gasteiger partial charge in [-0.3, -0.25) is 29.7 Å². The lowest BCUT2D eigenvalue weighted by molar-refractivity contribution is -0.385. The van der Waals surface area contributed by atoms with Gasteiger partial charge in [-0.05, 0) is 63.4 Å². The van der Waals surface area contributed by atoms with Crippen LogP contribution in [0, 0.1) is 24.0 Å². The standard InChI is InChI=1S/C18H20BN3O6.C18H22BN3O4.H2/c1-12-3-4-14(9-17(12)22(25)26)27-15-5-6-20-13(7-15)8-18(23)28-16-10-21(11-16)19(2)24;1-12-3-4-14(9-17(12)20)25-15-5-6-21-13(7-15)8-18(23)26-16-10-22(11-16)19(2)24;/h3-7,9,16,24H,8,10-11H2,1-2H3;3-7,9,16,24H,8,10-11,20H2,1-2H3;1H. The quantitative estimate of drug-likeness (QED) is 0.0583. The molecule has 0 unspecified atom stereocenters. The van der Waals surface area contributed by atoms with Crippen LogP contribution in [0.3, 0.4) is 0 Å². The number of benzene rings is 2. The number of nitrogen functional groups attached to an aromatic ring is 1. The van der Waals surface area contributed by atoms with Crippen LogP contribution in [0.15, 0.2) is 73.1 Å². The maximum atomic E-state index is 12.1. The van der Waals surface area contributed by atoms with Crippen molar-refractivity contribution >= 4 is 37.4 Å². The largest absolute Gasteiger partial charge is 0.459 e. The van der Waals surface area contributed by atoms with Gasteiger partial charge in [0.2, 0.25) is 0 Å². The number of nitro benzene ring substituents is 1. The second-order valence-electron chi connectivity index (χ2n) is 13.1. The van der Waals surface area contributed by atoms with Gasteiger partial charge in [0.1, 0.15) is 35.2 Å². The van der Waals surface area contributed by atoms with Crippen molar-refractivity contribution in [1.29, 1.82) is 0 Å². The number of esters is 2. The van der Waals surface area contributed by atoms with E-state index in [1.165, 1.54) is 12.3 Å². The van der Waals surface area contributed by atoms with E-state index < -0.39 is 25.0 Å². The third kappa shape index (κ3) is 11.2. The van der Waals surface area contributed by atoms with E-state index in [-0.39, 0.29) is 38.1 Å². The van der Waals surface area contributed by atoms with Gasteiger partial charge in [-0.1, -0.05) is 6.07 Å². The minimum atomic E-state index is -0.553. The van der Waals surface area contributed by atoms with Gasteiger partial charge in [0, 0.05) is 69.4 Å². The molecule has 54 heavy (non-hydrogen) atoms. The second kappa shape index (κ2) is 18.0. The lowest BCUT2D eigenvalue weighted by Crippen LogP contribution is -2.58. The molecule has 2 aromatic carbocycles. The fourth-order valence-corrected chi connectivity index (χ4v) is 5.49. The topological polar surface area (TPSA) is 213 Å². The zero-order valence-corrected chi connectivity index (χ0v) is 30.5. The van der Waals surface area contributed by atoms with E-state index in [1.807, 2.05) is 23.9 Å². The number of nitrogens with zero attached hydrogens (tertiary/aromatic N) is 5. The van der Waals surface area contributed by atoms with Gasteiger partial charge in [-0.25, -0.2) is 0 Å². The molecule has 4 N–H and O–H groups in total. The second-order valence-corrected chi connectivity index (χ2v) is 13.1. The van der Waals surface area contributed by atoms with Crippen LogP contribution in [0.5, 0.6) is 23.0 Å². The summed E-state index contributed by atoms with van der Waals surface area (Å²) in [6.07, 6.45) is 2.74. The highest BCUT2D eigenvalue weighted by atomic mass is 16.6. The highest BCUT2D eigenvalue weighted by molar-refractivity contribution is 6.45. The van der Waals surface area contributed by atoms with Crippen molar-refractivity contribution in [2.45, 2.75) is 52.5 Å². The minimum absolute atomic E-state index is 0. The van der Waals surface area contributed by atoms with Crippen molar-refractivity contribution in [3.8, 4) is 23.0 Å². The van der Waals surface area contributed by atoms with Crippen molar-refractivity contribution in [3.05, 3.63) is 106 Å². The predicted octanol–water partition coefficient (Wildman–Crippen LogP) is 3.86. The Morgan fingerprint density at radius 2 is 1.20 bits per heavy atom. The van der Waals surface area contributed by atoms with Gasteiger partial charge in [0.15, 0.2) is 0 Å². The number of nitro groups is 1. The van der Waals surface area contributed by atoms with Gasteiger partial charge in [-0.2, -0.15) is 0 Å². The Morgan fingerprint density at radius 3 is 1.63 bits per heavy atom. The fourth-order valence-electron chi connectivity index (χ4n) is 5.49. The molecule has 2 saturated heterocycles. The van der Waals surface area contributed by atoms with Gasteiger partial charge in [0.05, 0.1) is 35.2 Å². The number of carbonyl (C=O) groups is 2. The van der Waals surface area contributed by atoms with Gasteiger partial charge in [-0.15, -0.1) is 0 Å². The number of ether oxygens (including phenoxy) is 4. The lowest BCUT2D eigenvalue weighted by Gasteiger charge is -2.39. The number of carbonyl (C=O) groups excluding carboxylic acids is 2. The Labute approximate surface area is 314 Å². The first-order valence-corrected chi connectivity index (χ1v) is 17.3. The smallest absolute Gasteiger partial charge is 0.376 e. The van der Waals surface area contributed by atoms with Crippen molar-refractivity contribution in [1.82, 2.24) is 19.6 Å². The molecule has 4 heterocycles. The van der Waals surface area contributed by atoms with E-state index in [4.69, 9.17) is 24.7 Å². The van der Waals surface area contributed by atoms with Crippen LogP contribution in [-0.4, -0.2) is 99.0 Å². The monoisotopic (exact) mass is 742 g/mol. The summed E-state index contributed by atoms with van der Waals surface area (Å²) in [4.78, 5) is 46.6. The van der Waals surface area contributed by atoms with E-state index in [0.29, 0.717) is 71.8 Å². The summed E-state index contributed by atoms with van der Waals surface area (Å²) >= 11 is 0. The third-order valence-corrected chi connectivity index (χ3v) is 8.73. The number of rotatable bonds is 13. The molecule has 2 aliphatic rings. The third-order valence-electron chi connectivity index (χ3n) is 8.73. The Kier molecular flexibility index (Phi) is 13.2. The zero-order chi connectivity index (χ0) is 38.9. The summed E-state index contributed by atoms with van der Waals surface area (Å²) in [5, 5.41) is 29.8. The first-order chi connectivity index (χ1) is 25.7. The van der Waals surface area contributed by atoms with Gasteiger partial charge < -0.3 is 44.4 Å². The maximum Gasteiger partial charge on any atom is 0.376 e. The maximum absolute atomic E-state index is 12.1. The molecular weight excluding hydrogens is 698 g/mol. The highest BCUT2D eigenvalue weighted by Crippen LogP contribution is 2.29. The van der Waals surface area contributed by atoms with E-state index in [0.717, 1.165) is 5.56 Å². The molecule has 0 saturated carbocycles. The molecular formula is C36H44B2N6O10. The van der Waals surface area contributed by atoms with E-state index in [2.05, 4.69) is 9.97 Å². The predicted molar refractivity (Wildman–Crippen MR) is 202 cm³/mol. The Bertz CT molecular complexity index is 1960. The molecule has 16 nitrogen and oxygen atoms in total. The number of hydrogen-bond acceptors (Lipinski definition) is 15. The van der Waals surface area contributed by atoms with Crippen LogP contribution >= 0.6 is 0 Å². The number of aryl methyl sites for hydroxylation is 2. The molecule has 2 aromatic heterocycles. The molecule has 0 aliphatic carbocycles. The lowest BCUT2D eigenvalue weighted by atomic mass is 9.81. The first kappa shape index (κ1) is 39.7. The molecule has 2 aliphatic heterocycles. The molecule has 18 heteroatoms. The summed E-state index contributed by atoms with van der Waals surface area (Å²) in [7, 11) is -1.07. The van der Waals surface area contributed by atoms with Crippen LogP contribution in [0.4, 0.5) is 11.4 Å². The van der Waals surface area contributed by atoms with Gasteiger partial charge >= 0.3 is 26.0 Å². The Morgan fingerprint density at radius 1 is 0.778 bits per heavy atom. The van der Waals surface area contributed by atoms with Crippen molar-refractivity contribution < 1.29 is 44.9 Å². The summed E-state index contributed by atoms with van der Waals surface area (Å²) in [5.41, 5.74) is 9.09. The number of nitrogens with two attached hydrogens (primary N) is 1. The number of anilines is 1. The van der Waals surface area contributed by atoms with Crippen LogP contribution in [-0.2, 0) is 31.9 Å². The van der Waals surface area contributed by atoms with Crippen LogP contribution in [0.2, 0.25) is 13.6 Å². The van der Waals surface area contributed by atoms with Crippen LogP contribution in [0.25, 0.3) is 0 Å². The summed E-state index contributed by atoms with van der Waals surface area (Å²) in [6, 6.07) is 16.7. The SMILES string of the molecule is CB(O)N1CC(OC(=O)Cc2cc(Oc3ccc(C)c(N)c3)ccn2)C1.CB(O)N1CC(OC(=O)Cc2cc(Oc3ccc(C)c([N+](=O)[O-])c3)ccn2)C1.[HH]. The molecule has 2 fully saturated rings. The van der Waals surface area contributed by atoms with E-state index >= 15 is 0 Å². The van der Waals surface area contributed by atoms with Crippen molar-refractivity contribution in [2.24, 2.45) is 0 Å². The summed E-state index contributed by atoms with van der Waals surface area (Å²) in [6.45, 7) is 9.05. The highest BCUT2D eigenvalue weighted by Gasteiger charge is 2.35. The fraction of sp³-hybridized carbons (Fsp3) is 0.333. The molecule has 0 amide bonds. The van der Waals surface area contributed by atoms with Crippen LogP contribution in [0.1, 0.15) is 23.9 Å². The first-order valence-electron chi connectivity index (χ1n) is 17.3. The van der Waals surface area contributed by atoms with Gasteiger partial charge in [0.25, 0.3) is 5.69 Å². The Balaban J connectivity index is 0.000000241. The van der Waals surface area contributed by atoms with E-state index in [1.54, 1.807) is 74.0 Å². The van der Waals surface area contributed by atoms with Crippen molar-refractivity contribution in [3.63, 3.8) is 0 Å². The Hall–Kier alpha value is -5.55.